The normalized spacial score (nSPS) is 10.8. The lowest BCUT2D eigenvalue weighted by Gasteiger charge is -2.00. The third kappa shape index (κ3) is 4.65. The van der Waals surface area contributed by atoms with Gasteiger partial charge in [0.2, 0.25) is 0 Å². The Labute approximate surface area is 97.5 Å². The quantitative estimate of drug-likeness (QED) is 0.479. The zero-order valence-electron chi connectivity index (χ0n) is 9.42. The Kier molecular flexibility index (Phi) is 5.69. The van der Waals surface area contributed by atoms with Crippen LogP contribution in [0.3, 0.4) is 0 Å². The van der Waals surface area contributed by atoms with Gasteiger partial charge in [-0.15, -0.1) is 12.6 Å². The number of unbranched alkanes of at least 4 members (excludes halogenated alkanes) is 5. The summed E-state index contributed by atoms with van der Waals surface area (Å²) in [6, 6.07) is 1.91. The van der Waals surface area contributed by atoms with Crippen LogP contribution in [0, 0.1) is 0 Å². The number of aromatic nitrogens is 1. The van der Waals surface area contributed by atoms with Crippen LogP contribution >= 0.6 is 12.6 Å². The van der Waals surface area contributed by atoms with Gasteiger partial charge in [0.05, 0.1) is 5.03 Å². The molecule has 0 radical (unpaired) electrons. The number of rotatable bonds is 7. The molecule has 0 bridgehead atoms. The average Bonchev–Trinajstić information content (AvgIpc) is 2.51. The van der Waals surface area contributed by atoms with Gasteiger partial charge in [0.25, 0.3) is 0 Å². The average molecular weight is 227 g/mol. The highest BCUT2D eigenvalue weighted by atomic mass is 32.1. The molecule has 2 nitrogen and oxygen atoms in total. The third-order valence-corrected chi connectivity index (χ3v) is 2.90. The fraction of sp³-hybridized carbons (Fsp3) is 0.667. The Hall–Kier alpha value is -0.570. The lowest BCUT2D eigenvalue weighted by molar-refractivity contribution is 0.446. The van der Waals surface area contributed by atoms with Crippen molar-refractivity contribution in [2.75, 3.05) is 0 Å². The highest BCUT2D eigenvalue weighted by Gasteiger charge is 2.04. The van der Waals surface area contributed by atoms with E-state index in [2.05, 4.69) is 24.5 Å². The Morgan fingerprint density at radius 1 is 1.20 bits per heavy atom. The minimum absolute atomic E-state index is 0.286. The largest absolute Gasteiger partial charge is 0.494 e. The molecule has 2 N–H and O–H groups in total. The van der Waals surface area contributed by atoms with Crippen LogP contribution in [-0.4, -0.2) is 10.1 Å². The molecule has 0 unspecified atom stereocenters. The van der Waals surface area contributed by atoms with Crippen molar-refractivity contribution >= 4 is 12.6 Å². The van der Waals surface area contributed by atoms with Crippen molar-refractivity contribution < 1.29 is 5.11 Å². The van der Waals surface area contributed by atoms with Gasteiger partial charge in [-0.3, -0.25) is 0 Å². The predicted molar refractivity (Wildman–Crippen MR) is 66.8 cm³/mol. The van der Waals surface area contributed by atoms with E-state index >= 15 is 0 Å². The zero-order chi connectivity index (χ0) is 11.1. The van der Waals surface area contributed by atoms with Gasteiger partial charge in [0.1, 0.15) is 0 Å². The molecule has 0 saturated heterocycles. The predicted octanol–water partition coefficient (Wildman–Crippen LogP) is 3.91. The van der Waals surface area contributed by atoms with Gasteiger partial charge in [-0.1, -0.05) is 39.0 Å². The molecule has 0 aliphatic heterocycles. The van der Waals surface area contributed by atoms with Gasteiger partial charge in [-0.2, -0.15) is 0 Å². The topological polar surface area (TPSA) is 36.0 Å². The molecule has 0 aliphatic carbocycles. The van der Waals surface area contributed by atoms with Crippen molar-refractivity contribution in [3.8, 4) is 5.88 Å². The first kappa shape index (κ1) is 12.5. The number of aryl methyl sites for hydroxylation is 1. The SMILES string of the molecule is CCCCCCCCc1cc(S)[nH]c1O. The van der Waals surface area contributed by atoms with Crippen molar-refractivity contribution in [2.24, 2.45) is 0 Å². The van der Waals surface area contributed by atoms with Gasteiger partial charge in [-0.25, -0.2) is 0 Å². The fourth-order valence-corrected chi connectivity index (χ4v) is 2.02. The summed E-state index contributed by atoms with van der Waals surface area (Å²) in [5, 5.41) is 10.2. The highest BCUT2D eigenvalue weighted by Crippen LogP contribution is 2.21. The van der Waals surface area contributed by atoms with Crippen molar-refractivity contribution in [1.82, 2.24) is 4.98 Å². The maximum atomic E-state index is 9.47. The molecule has 1 rings (SSSR count). The van der Waals surface area contributed by atoms with E-state index in [1.807, 2.05) is 6.07 Å². The van der Waals surface area contributed by atoms with Gasteiger partial charge < -0.3 is 10.1 Å². The first-order valence-corrected chi connectivity index (χ1v) is 6.28. The molecule has 1 aromatic heterocycles. The molecule has 15 heavy (non-hydrogen) atoms. The second kappa shape index (κ2) is 6.83. The zero-order valence-corrected chi connectivity index (χ0v) is 10.3. The van der Waals surface area contributed by atoms with E-state index in [4.69, 9.17) is 0 Å². The van der Waals surface area contributed by atoms with Gasteiger partial charge >= 0.3 is 0 Å². The number of thiol groups is 1. The van der Waals surface area contributed by atoms with Crippen LogP contribution in [0.5, 0.6) is 5.88 Å². The Morgan fingerprint density at radius 3 is 2.47 bits per heavy atom. The highest BCUT2D eigenvalue weighted by molar-refractivity contribution is 7.80. The summed E-state index contributed by atoms with van der Waals surface area (Å²) in [7, 11) is 0. The second-order valence-corrected chi connectivity index (χ2v) is 4.53. The second-order valence-electron chi connectivity index (χ2n) is 4.05. The lowest BCUT2D eigenvalue weighted by Crippen LogP contribution is -1.84. The molecule has 0 aromatic carbocycles. The van der Waals surface area contributed by atoms with Crippen LogP contribution < -0.4 is 0 Å². The van der Waals surface area contributed by atoms with Crippen LogP contribution in [0.2, 0.25) is 0 Å². The molecular formula is C12H21NOS. The third-order valence-electron chi connectivity index (χ3n) is 2.66. The minimum Gasteiger partial charge on any atom is -0.494 e. The van der Waals surface area contributed by atoms with Crippen LogP contribution in [0.4, 0.5) is 0 Å². The van der Waals surface area contributed by atoms with E-state index in [1.165, 1.54) is 32.1 Å². The molecule has 0 spiro atoms. The number of hydrogen-bond acceptors (Lipinski definition) is 2. The number of hydrogen-bond donors (Lipinski definition) is 3. The van der Waals surface area contributed by atoms with Gasteiger partial charge in [0, 0.05) is 5.56 Å². The molecule has 1 aromatic rings. The first-order valence-electron chi connectivity index (χ1n) is 5.84. The summed E-state index contributed by atoms with van der Waals surface area (Å²) in [6.45, 7) is 2.23. The molecule has 86 valence electrons. The van der Waals surface area contributed by atoms with E-state index < -0.39 is 0 Å². The number of aromatic hydroxyl groups is 1. The number of H-pyrrole nitrogens is 1. The van der Waals surface area contributed by atoms with E-state index in [-0.39, 0.29) is 5.88 Å². The standard InChI is InChI=1S/C12H21NOS/c1-2-3-4-5-6-7-8-10-9-11(15)13-12(10)14/h9,13-15H,2-8H2,1H3. The Balaban J connectivity index is 2.12. The van der Waals surface area contributed by atoms with E-state index in [0.29, 0.717) is 0 Å². The van der Waals surface area contributed by atoms with Crippen molar-refractivity contribution in [1.29, 1.82) is 0 Å². The first-order chi connectivity index (χ1) is 7.24. The molecule has 0 fully saturated rings. The lowest BCUT2D eigenvalue weighted by atomic mass is 10.1. The fourth-order valence-electron chi connectivity index (χ4n) is 1.76. The summed E-state index contributed by atoms with van der Waals surface area (Å²) >= 11 is 4.15. The molecule has 0 aliphatic rings. The Bertz CT molecular complexity index is 283. The van der Waals surface area contributed by atoms with Gasteiger partial charge in [0.15, 0.2) is 5.88 Å². The summed E-state index contributed by atoms with van der Waals surface area (Å²) in [6.07, 6.45) is 8.65. The summed E-state index contributed by atoms with van der Waals surface area (Å²) < 4.78 is 0. The molecule has 1 heterocycles. The maximum absolute atomic E-state index is 9.47. The van der Waals surface area contributed by atoms with E-state index in [9.17, 15) is 5.11 Å². The molecular weight excluding hydrogens is 206 g/mol. The summed E-state index contributed by atoms with van der Waals surface area (Å²) in [4.78, 5) is 2.79. The van der Waals surface area contributed by atoms with E-state index in [1.54, 1.807) is 0 Å². The van der Waals surface area contributed by atoms with Crippen LogP contribution in [-0.2, 0) is 6.42 Å². The minimum atomic E-state index is 0.286. The van der Waals surface area contributed by atoms with Crippen molar-refractivity contribution in [3.05, 3.63) is 11.6 Å². The van der Waals surface area contributed by atoms with Crippen molar-refractivity contribution in [3.63, 3.8) is 0 Å². The molecule has 0 atom stereocenters. The summed E-state index contributed by atoms with van der Waals surface area (Å²) in [5.41, 5.74) is 0.996. The van der Waals surface area contributed by atoms with Crippen LogP contribution in [0.1, 0.15) is 51.0 Å². The monoisotopic (exact) mass is 227 g/mol. The maximum Gasteiger partial charge on any atom is 0.192 e. The summed E-state index contributed by atoms with van der Waals surface area (Å²) in [5.74, 6) is 0.286. The smallest absolute Gasteiger partial charge is 0.192 e. The Morgan fingerprint density at radius 2 is 1.87 bits per heavy atom. The van der Waals surface area contributed by atoms with E-state index in [0.717, 1.165) is 23.4 Å². The van der Waals surface area contributed by atoms with Crippen LogP contribution in [0.15, 0.2) is 11.1 Å². The molecule has 0 saturated carbocycles. The number of nitrogens with one attached hydrogen (secondary N) is 1. The molecule has 3 heteroatoms. The van der Waals surface area contributed by atoms with Crippen LogP contribution in [0.25, 0.3) is 0 Å². The van der Waals surface area contributed by atoms with Crippen molar-refractivity contribution in [2.45, 2.75) is 56.9 Å². The molecule has 0 amide bonds. The van der Waals surface area contributed by atoms with Gasteiger partial charge in [-0.05, 0) is 18.9 Å². The number of aromatic amines is 1.